The summed E-state index contributed by atoms with van der Waals surface area (Å²) in [6, 6.07) is 12.3. The standard InChI is InChI=1S/C24H26N4O5S/c1-2-21-24(30)26-20-14-17(7-8-22(20)33-21)34(31,32)28-11-9-27(10-12-28)23(29)13-16-15-25-19-6-4-3-5-18(16)19/h3-8,14-15,21,25H,2,9-13H2,1H3,(H,26,30)/t21-/m0/s1. The summed E-state index contributed by atoms with van der Waals surface area (Å²) >= 11 is 0. The van der Waals surface area contributed by atoms with Crippen molar-refractivity contribution in [3.8, 4) is 5.75 Å². The van der Waals surface area contributed by atoms with Gasteiger partial charge in [0.05, 0.1) is 17.0 Å². The van der Waals surface area contributed by atoms with Crippen molar-refractivity contribution < 1.29 is 22.7 Å². The van der Waals surface area contributed by atoms with E-state index >= 15 is 0 Å². The van der Waals surface area contributed by atoms with E-state index in [1.165, 1.54) is 16.4 Å². The SMILES string of the molecule is CC[C@@H]1Oc2ccc(S(=O)(=O)N3CCN(C(=O)Cc4c[nH]c5ccccc45)CC3)cc2NC1=O. The lowest BCUT2D eigenvalue weighted by molar-refractivity contribution is -0.131. The molecule has 0 radical (unpaired) electrons. The van der Waals surface area contributed by atoms with E-state index in [0.29, 0.717) is 30.9 Å². The van der Waals surface area contributed by atoms with Gasteiger partial charge in [0.1, 0.15) is 5.75 Å². The van der Waals surface area contributed by atoms with Gasteiger partial charge in [-0.25, -0.2) is 8.42 Å². The molecule has 2 aliphatic rings. The van der Waals surface area contributed by atoms with Crippen molar-refractivity contribution in [2.24, 2.45) is 0 Å². The number of nitrogens with zero attached hydrogens (tertiary/aromatic N) is 2. The number of nitrogens with one attached hydrogen (secondary N) is 2. The summed E-state index contributed by atoms with van der Waals surface area (Å²) < 4.78 is 33.5. The van der Waals surface area contributed by atoms with Gasteiger partial charge in [-0.15, -0.1) is 0 Å². The molecule has 34 heavy (non-hydrogen) atoms. The van der Waals surface area contributed by atoms with Crippen molar-refractivity contribution in [2.75, 3.05) is 31.5 Å². The maximum Gasteiger partial charge on any atom is 0.265 e. The highest BCUT2D eigenvalue weighted by Gasteiger charge is 2.32. The molecule has 9 nitrogen and oxygen atoms in total. The summed E-state index contributed by atoms with van der Waals surface area (Å²) in [4.78, 5) is 29.9. The van der Waals surface area contributed by atoms with Crippen LogP contribution in [0.3, 0.4) is 0 Å². The number of para-hydroxylation sites is 1. The zero-order chi connectivity index (χ0) is 23.9. The number of aromatic amines is 1. The van der Waals surface area contributed by atoms with E-state index in [0.717, 1.165) is 16.5 Å². The Morgan fingerprint density at radius 1 is 1.12 bits per heavy atom. The monoisotopic (exact) mass is 482 g/mol. The lowest BCUT2D eigenvalue weighted by Gasteiger charge is -2.34. The van der Waals surface area contributed by atoms with Crippen LogP contribution >= 0.6 is 0 Å². The van der Waals surface area contributed by atoms with Gasteiger partial charge in [-0.2, -0.15) is 4.31 Å². The zero-order valence-corrected chi connectivity index (χ0v) is 19.6. The Kier molecular flexibility index (Phi) is 5.78. The summed E-state index contributed by atoms with van der Waals surface area (Å²) in [7, 11) is -3.78. The van der Waals surface area contributed by atoms with Crippen LogP contribution in [0.4, 0.5) is 5.69 Å². The van der Waals surface area contributed by atoms with Crippen LogP contribution in [0, 0.1) is 0 Å². The highest BCUT2D eigenvalue weighted by molar-refractivity contribution is 7.89. The van der Waals surface area contributed by atoms with E-state index in [9.17, 15) is 18.0 Å². The fourth-order valence-electron chi connectivity index (χ4n) is 4.44. The highest BCUT2D eigenvalue weighted by Crippen LogP contribution is 2.33. The van der Waals surface area contributed by atoms with Crippen molar-refractivity contribution in [3.63, 3.8) is 0 Å². The summed E-state index contributed by atoms with van der Waals surface area (Å²) in [5, 5.41) is 3.75. The third-order valence-electron chi connectivity index (χ3n) is 6.39. The maximum atomic E-state index is 13.2. The first kappa shape index (κ1) is 22.4. The first-order valence-corrected chi connectivity index (χ1v) is 12.8. The third kappa shape index (κ3) is 4.03. The van der Waals surface area contributed by atoms with Gasteiger partial charge in [-0.1, -0.05) is 25.1 Å². The number of rotatable bonds is 5. The first-order chi connectivity index (χ1) is 16.4. The molecule has 0 aliphatic carbocycles. The zero-order valence-electron chi connectivity index (χ0n) is 18.8. The highest BCUT2D eigenvalue weighted by atomic mass is 32.2. The Bertz CT molecular complexity index is 1360. The van der Waals surface area contributed by atoms with E-state index in [2.05, 4.69) is 10.3 Å². The Balaban J connectivity index is 1.25. The van der Waals surface area contributed by atoms with Crippen molar-refractivity contribution in [2.45, 2.75) is 30.8 Å². The number of sulfonamides is 1. The Morgan fingerprint density at radius 3 is 2.65 bits per heavy atom. The summed E-state index contributed by atoms with van der Waals surface area (Å²) in [5.41, 5.74) is 2.26. The van der Waals surface area contributed by atoms with E-state index < -0.39 is 16.1 Å². The lowest BCUT2D eigenvalue weighted by atomic mass is 10.1. The number of fused-ring (bicyclic) bond motifs is 2. The topological polar surface area (TPSA) is 112 Å². The summed E-state index contributed by atoms with van der Waals surface area (Å²) in [5.74, 6) is 0.144. The fourth-order valence-corrected chi connectivity index (χ4v) is 5.89. The Morgan fingerprint density at radius 2 is 1.88 bits per heavy atom. The van der Waals surface area contributed by atoms with Gasteiger partial charge in [-0.3, -0.25) is 9.59 Å². The predicted octanol–water partition coefficient (Wildman–Crippen LogP) is 2.35. The Labute approximate surface area is 197 Å². The molecule has 3 aromatic rings. The largest absolute Gasteiger partial charge is 0.478 e. The second kappa shape index (κ2) is 8.77. The number of benzene rings is 2. The molecule has 5 rings (SSSR count). The minimum Gasteiger partial charge on any atom is -0.478 e. The minimum absolute atomic E-state index is 0.0269. The molecule has 1 saturated heterocycles. The van der Waals surface area contributed by atoms with Gasteiger partial charge in [0.25, 0.3) is 5.91 Å². The van der Waals surface area contributed by atoms with E-state index in [1.54, 1.807) is 11.0 Å². The van der Waals surface area contributed by atoms with E-state index in [-0.39, 0.29) is 36.2 Å². The van der Waals surface area contributed by atoms with Crippen LogP contribution in [-0.4, -0.2) is 66.7 Å². The average molecular weight is 483 g/mol. The molecule has 1 atom stereocenters. The number of hydrogen-bond donors (Lipinski definition) is 2. The number of amides is 2. The third-order valence-corrected chi connectivity index (χ3v) is 8.28. The van der Waals surface area contributed by atoms with Crippen LogP contribution in [0.2, 0.25) is 0 Å². The van der Waals surface area contributed by atoms with E-state index in [4.69, 9.17) is 4.74 Å². The molecule has 0 bridgehead atoms. The van der Waals surface area contributed by atoms with Gasteiger partial charge >= 0.3 is 0 Å². The molecule has 10 heteroatoms. The molecule has 0 spiro atoms. The van der Waals surface area contributed by atoms with Crippen LogP contribution in [0.15, 0.2) is 53.6 Å². The molecule has 3 heterocycles. The predicted molar refractivity (Wildman–Crippen MR) is 127 cm³/mol. The number of aromatic nitrogens is 1. The number of H-pyrrole nitrogens is 1. The van der Waals surface area contributed by atoms with Crippen molar-refractivity contribution in [3.05, 3.63) is 54.2 Å². The number of anilines is 1. The van der Waals surface area contributed by atoms with Crippen LogP contribution in [0.25, 0.3) is 10.9 Å². The fraction of sp³-hybridized carbons (Fsp3) is 0.333. The molecule has 2 aliphatic heterocycles. The van der Waals surface area contributed by atoms with E-state index in [1.807, 2.05) is 37.4 Å². The maximum absolute atomic E-state index is 13.2. The number of carbonyl (C=O) groups is 2. The quantitative estimate of drug-likeness (QED) is 0.580. The van der Waals surface area contributed by atoms with Gasteiger partial charge in [0.2, 0.25) is 15.9 Å². The number of piperazine rings is 1. The summed E-state index contributed by atoms with van der Waals surface area (Å²) in [6.07, 6.45) is 2.06. The molecule has 2 N–H and O–H groups in total. The average Bonchev–Trinajstić information content (AvgIpc) is 3.26. The second-order valence-electron chi connectivity index (χ2n) is 8.48. The van der Waals surface area contributed by atoms with Crippen LogP contribution in [0.5, 0.6) is 5.75 Å². The molecule has 2 aromatic carbocycles. The lowest BCUT2D eigenvalue weighted by Crippen LogP contribution is -2.50. The smallest absolute Gasteiger partial charge is 0.265 e. The first-order valence-electron chi connectivity index (χ1n) is 11.3. The minimum atomic E-state index is -3.78. The molecule has 0 saturated carbocycles. The van der Waals surface area contributed by atoms with Gasteiger partial charge in [-0.05, 0) is 36.2 Å². The second-order valence-corrected chi connectivity index (χ2v) is 10.4. The molecule has 0 unspecified atom stereocenters. The molecule has 178 valence electrons. The normalized spacial score (nSPS) is 18.9. The van der Waals surface area contributed by atoms with Crippen LogP contribution in [0.1, 0.15) is 18.9 Å². The van der Waals surface area contributed by atoms with Gasteiger partial charge in [0, 0.05) is 43.3 Å². The van der Waals surface area contributed by atoms with Gasteiger partial charge in [0.15, 0.2) is 6.10 Å². The molecular formula is C24H26N4O5S. The number of carbonyl (C=O) groups excluding carboxylic acids is 2. The van der Waals surface area contributed by atoms with Gasteiger partial charge < -0.3 is 19.9 Å². The molecule has 2 amide bonds. The summed E-state index contributed by atoms with van der Waals surface area (Å²) in [6.45, 7) is 2.91. The number of ether oxygens (including phenoxy) is 1. The number of hydrogen-bond acceptors (Lipinski definition) is 5. The molecule has 1 aromatic heterocycles. The van der Waals surface area contributed by atoms with Crippen LogP contribution < -0.4 is 10.1 Å². The van der Waals surface area contributed by atoms with Crippen molar-refractivity contribution >= 4 is 38.4 Å². The molecule has 1 fully saturated rings. The Hall–Kier alpha value is -3.37. The van der Waals surface area contributed by atoms with Crippen molar-refractivity contribution in [1.82, 2.24) is 14.2 Å². The molecular weight excluding hydrogens is 456 g/mol. The van der Waals surface area contributed by atoms with Crippen molar-refractivity contribution in [1.29, 1.82) is 0 Å². The van der Waals surface area contributed by atoms with Crippen LogP contribution in [-0.2, 0) is 26.0 Å².